The number of nitrogens with zero attached hydrogens (tertiary/aromatic N) is 1. The highest BCUT2D eigenvalue weighted by Gasteiger charge is 2.27. The van der Waals surface area contributed by atoms with E-state index in [9.17, 15) is 9.59 Å². The Morgan fingerprint density at radius 1 is 1.40 bits per heavy atom. The Morgan fingerprint density at radius 3 is 2.85 bits per heavy atom. The first-order valence-corrected chi connectivity index (χ1v) is 6.98. The molecular weight excluding hydrogens is 256 g/mol. The second-order valence-electron chi connectivity index (χ2n) is 4.79. The fourth-order valence-electron chi connectivity index (χ4n) is 2.17. The number of ether oxygens (including phenoxy) is 1. The number of hydrogen-bond acceptors (Lipinski definition) is 3. The molecule has 1 heterocycles. The maximum Gasteiger partial charge on any atom is 0.264 e. The first kappa shape index (κ1) is 14.4. The summed E-state index contributed by atoms with van der Waals surface area (Å²) in [7, 11) is 0. The highest BCUT2D eigenvalue weighted by molar-refractivity contribution is 5.87. The third-order valence-electron chi connectivity index (χ3n) is 3.24. The van der Waals surface area contributed by atoms with Gasteiger partial charge in [0.2, 0.25) is 5.91 Å². The van der Waals surface area contributed by atoms with Crippen molar-refractivity contribution in [2.45, 2.75) is 25.9 Å². The van der Waals surface area contributed by atoms with E-state index in [4.69, 9.17) is 4.74 Å². The van der Waals surface area contributed by atoms with E-state index in [0.717, 1.165) is 6.42 Å². The lowest BCUT2D eigenvalue weighted by Gasteiger charge is -2.25. The maximum atomic E-state index is 12.5. The second-order valence-corrected chi connectivity index (χ2v) is 4.79. The lowest BCUT2D eigenvalue weighted by atomic mass is 10.2. The van der Waals surface area contributed by atoms with E-state index in [2.05, 4.69) is 5.32 Å². The molecule has 1 saturated heterocycles. The van der Waals surface area contributed by atoms with Crippen LogP contribution in [-0.2, 0) is 9.59 Å². The van der Waals surface area contributed by atoms with Gasteiger partial charge >= 0.3 is 0 Å². The van der Waals surface area contributed by atoms with Crippen molar-refractivity contribution >= 4 is 11.8 Å². The van der Waals surface area contributed by atoms with Crippen LogP contribution in [0.4, 0.5) is 0 Å². The second kappa shape index (κ2) is 6.93. The molecule has 0 spiro atoms. The summed E-state index contributed by atoms with van der Waals surface area (Å²) in [6.45, 7) is 3.24. The van der Waals surface area contributed by atoms with Gasteiger partial charge in [0, 0.05) is 13.1 Å². The van der Waals surface area contributed by atoms with E-state index >= 15 is 0 Å². The third-order valence-corrected chi connectivity index (χ3v) is 3.24. The Bertz CT molecular complexity index is 461. The maximum absolute atomic E-state index is 12.5. The third kappa shape index (κ3) is 3.73. The molecule has 20 heavy (non-hydrogen) atoms. The lowest BCUT2D eigenvalue weighted by molar-refractivity contribution is -0.141. The van der Waals surface area contributed by atoms with Crippen LogP contribution in [-0.4, -0.2) is 42.5 Å². The molecular formula is C15H20N2O3. The summed E-state index contributed by atoms with van der Waals surface area (Å²) >= 11 is 0. The molecule has 1 aliphatic rings. The molecule has 0 saturated carbocycles. The van der Waals surface area contributed by atoms with E-state index in [0.29, 0.717) is 25.3 Å². The van der Waals surface area contributed by atoms with Crippen molar-refractivity contribution in [1.82, 2.24) is 10.2 Å². The van der Waals surface area contributed by atoms with Crippen LogP contribution in [0.15, 0.2) is 30.3 Å². The predicted octanol–water partition coefficient (Wildman–Crippen LogP) is 1.19. The molecule has 0 bridgehead atoms. The summed E-state index contributed by atoms with van der Waals surface area (Å²) < 4.78 is 5.73. The summed E-state index contributed by atoms with van der Waals surface area (Å²) in [4.78, 5) is 25.6. The van der Waals surface area contributed by atoms with Gasteiger partial charge in [0.1, 0.15) is 5.75 Å². The summed E-state index contributed by atoms with van der Waals surface area (Å²) in [6, 6.07) is 9.28. The summed E-state index contributed by atoms with van der Waals surface area (Å²) in [5.41, 5.74) is 0. The van der Waals surface area contributed by atoms with Crippen molar-refractivity contribution in [1.29, 1.82) is 0 Å². The first-order valence-electron chi connectivity index (χ1n) is 6.98. The number of benzene rings is 1. The minimum atomic E-state index is -0.539. The zero-order chi connectivity index (χ0) is 14.4. The fraction of sp³-hybridized carbons (Fsp3) is 0.467. The number of rotatable bonds is 4. The van der Waals surface area contributed by atoms with Gasteiger partial charge in [0.15, 0.2) is 6.10 Å². The first-order chi connectivity index (χ1) is 9.70. The van der Waals surface area contributed by atoms with Crippen molar-refractivity contribution in [3.8, 4) is 5.75 Å². The molecule has 1 aromatic carbocycles. The highest BCUT2D eigenvalue weighted by atomic mass is 16.5. The molecule has 0 aliphatic carbocycles. The predicted molar refractivity (Wildman–Crippen MR) is 75.4 cm³/mol. The fourth-order valence-corrected chi connectivity index (χ4v) is 2.17. The molecule has 1 aromatic rings. The molecule has 5 nitrogen and oxygen atoms in total. The average molecular weight is 276 g/mol. The number of hydrogen-bond donors (Lipinski definition) is 1. The zero-order valence-electron chi connectivity index (χ0n) is 11.7. The molecule has 5 heteroatoms. The van der Waals surface area contributed by atoms with Gasteiger partial charge in [0.05, 0.1) is 6.54 Å². The van der Waals surface area contributed by atoms with Crippen LogP contribution < -0.4 is 10.1 Å². The lowest BCUT2D eigenvalue weighted by Crippen LogP contribution is -2.44. The Labute approximate surface area is 118 Å². The minimum Gasteiger partial charge on any atom is -0.481 e. The monoisotopic (exact) mass is 276 g/mol. The summed E-state index contributed by atoms with van der Waals surface area (Å²) in [5.74, 6) is 0.450. The number of nitrogens with one attached hydrogen (secondary N) is 1. The van der Waals surface area contributed by atoms with Gasteiger partial charge in [-0.15, -0.1) is 0 Å². The summed E-state index contributed by atoms with van der Waals surface area (Å²) in [6.07, 6.45) is 0.814. The van der Waals surface area contributed by atoms with E-state index in [1.54, 1.807) is 4.90 Å². The van der Waals surface area contributed by atoms with Crippen molar-refractivity contribution in [2.75, 3.05) is 19.6 Å². The van der Waals surface area contributed by atoms with E-state index in [1.165, 1.54) is 0 Å². The normalized spacial score (nSPS) is 17.1. The van der Waals surface area contributed by atoms with E-state index in [-0.39, 0.29) is 18.4 Å². The number of carbonyl (C=O) groups excluding carboxylic acids is 2. The number of para-hydroxylation sites is 1. The van der Waals surface area contributed by atoms with Gasteiger partial charge < -0.3 is 15.0 Å². The van der Waals surface area contributed by atoms with Crippen LogP contribution in [0, 0.1) is 0 Å². The zero-order valence-corrected chi connectivity index (χ0v) is 11.7. The van der Waals surface area contributed by atoms with E-state index in [1.807, 2.05) is 37.3 Å². The van der Waals surface area contributed by atoms with Gasteiger partial charge in [-0.3, -0.25) is 9.59 Å². The van der Waals surface area contributed by atoms with Gasteiger partial charge in [-0.2, -0.15) is 0 Å². The SMILES string of the molecule is CCC(Oc1ccccc1)C(=O)N1CCCNC(=O)C1. The van der Waals surface area contributed by atoms with E-state index < -0.39 is 6.10 Å². The molecule has 1 unspecified atom stereocenters. The van der Waals surface area contributed by atoms with Crippen molar-refractivity contribution in [3.05, 3.63) is 30.3 Å². The van der Waals surface area contributed by atoms with Gasteiger partial charge in [0.25, 0.3) is 5.91 Å². The average Bonchev–Trinajstić information content (AvgIpc) is 2.70. The van der Waals surface area contributed by atoms with Crippen LogP contribution >= 0.6 is 0 Å². The Kier molecular flexibility index (Phi) is 4.98. The molecule has 2 amide bonds. The topological polar surface area (TPSA) is 58.6 Å². The van der Waals surface area contributed by atoms with Gasteiger partial charge in [-0.25, -0.2) is 0 Å². The largest absolute Gasteiger partial charge is 0.481 e. The quantitative estimate of drug-likeness (QED) is 0.898. The van der Waals surface area contributed by atoms with Crippen LogP contribution in [0.3, 0.4) is 0 Å². The Hall–Kier alpha value is -2.04. The molecule has 1 N–H and O–H groups in total. The summed E-state index contributed by atoms with van der Waals surface area (Å²) in [5, 5.41) is 2.76. The van der Waals surface area contributed by atoms with Gasteiger partial charge in [-0.05, 0) is 25.0 Å². The molecule has 1 atom stereocenters. The molecule has 1 aliphatic heterocycles. The molecule has 108 valence electrons. The van der Waals surface area contributed by atoms with Crippen molar-refractivity contribution < 1.29 is 14.3 Å². The Balaban J connectivity index is 2.02. The van der Waals surface area contributed by atoms with Crippen molar-refractivity contribution in [3.63, 3.8) is 0 Å². The smallest absolute Gasteiger partial charge is 0.264 e. The minimum absolute atomic E-state index is 0.106. The number of carbonyl (C=O) groups is 2. The molecule has 0 radical (unpaired) electrons. The number of amides is 2. The standard InChI is InChI=1S/C15H20N2O3/c1-2-13(20-12-7-4-3-5-8-12)15(19)17-10-6-9-16-14(18)11-17/h3-5,7-8,13H,2,6,9-11H2,1H3,(H,16,18). The molecule has 1 fully saturated rings. The highest BCUT2D eigenvalue weighted by Crippen LogP contribution is 2.14. The van der Waals surface area contributed by atoms with Crippen LogP contribution in [0.25, 0.3) is 0 Å². The van der Waals surface area contributed by atoms with Crippen LogP contribution in [0.1, 0.15) is 19.8 Å². The van der Waals surface area contributed by atoms with Crippen molar-refractivity contribution in [2.24, 2.45) is 0 Å². The Morgan fingerprint density at radius 2 is 2.15 bits per heavy atom. The van der Waals surface area contributed by atoms with Gasteiger partial charge in [-0.1, -0.05) is 25.1 Å². The molecule has 0 aromatic heterocycles. The van der Waals surface area contributed by atoms with Crippen LogP contribution in [0.5, 0.6) is 5.75 Å². The van der Waals surface area contributed by atoms with Crippen LogP contribution in [0.2, 0.25) is 0 Å². The molecule has 2 rings (SSSR count).